The van der Waals surface area contributed by atoms with Crippen LogP contribution in [0.3, 0.4) is 0 Å². The molecule has 2 bridgehead atoms. The first-order valence-corrected chi connectivity index (χ1v) is 7.71. The number of rotatable bonds is 3. The van der Waals surface area contributed by atoms with Crippen molar-refractivity contribution in [1.29, 1.82) is 0 Å². The van der Waals surface area contributed by atoms with Gasteiger partial charge in [0.25, 0.3) is 0 Å². The summed E-state index contributed by atoms with van der Waals surface area (Å²) >= 11 is 0. The van der Waals surface area contributed by atoms with Gasteiger partial charge in [0.15, 0.2) is 0 Å². The molecule has 4 unspecified atom stereocenters. The van der Waals surface area contributed by atoms with Gasteiger partial charge in [0, 0.05) is 31.1 Å². The highest BCUT2D eigenvalue weighted by atomic mass is 16.5. The van der Waals surface area contributed by atoms with E-state index in [1.165, 1.54) is 6.42 Å². The van der Waals surface area contributed by atoms with E-state index in [1.807, 2.05) is 11.0 Å². The van der Waals surface area contributed by atoms with Gasteiger partial charge < -0.3 is 9.64 Å². The predicted molar refractivity (Wildman–Crippen MR) is 76.5 cm³/mol. The summed E-state index contributed by atoms with van der Waals surface area (Å²) in [6.45, 7) is 1.47. The van der Waals surface area contributed by atoms with Crippen molar-refractivity contribution in [2.75, 3.05) is 13.1 Å². The van der Waals surface area contributed by atoms with Gasteiger partial charge in [0.1, 0.15) is 6.10 Å². The summed E-state index contributed by atoms with van der Waals surface area (Å²) in [5.41, 5.74) is 0. The van der Waals surface area contributed by atoms with Crippen LogP contribution in [-0.2, 0) is 4.79 Å². The maximum atomic E-state index is 12.6. The second-order valence-corrected chi connectivity index (χ2v) is 6.26. The number of hydrogen-bond acceptors (Lipinski definition) is 4. The molecule has 5 heteroatoms. The number of amides is 1. The minimum atomic E-state index is 0.0415. The van der Waals surface area contributed by atoms with Crippen LogP contribution >= 0.6 is 0 Å². The van der Waals surface area contributed by atoms with Crippen molar-refractivity contribution in [2.45, 2.75) is 25.4 Å². The van der Waals surface area contributed by atoms with Gasteiger partial charge in [0.2, 0.25) is 11.8 Å². The number of ether oxygens (including phenoxy) is 1. The van der Waals surface area contributed by atoms with Gasteiger partial charge in [0.05, 0.1) is 6.54 Å². The molecule has 0 aromatic carbocycles. The van der Waals surface area contributed by atoms with Crippen LogP contribution in [0.4, 0.5) is 0 Å². The molecule has 1 aliphatic heterocycles. The summed E-state index contributed by atoms with van der Waals surface area (Å²) in [5, 5.41) is 7.74. The van der Waals surface area contributed by atoms with E-state index in [2.05, 4.69) is 22.3 Å². The van der Waals surface area contributed by atoms with Crippen molar-refractivity contribution < 1.29 is 9.53 Å². The molecule has 110 valence electrons. The summed E-state index contributed by atoms with van der Waals surface area (Å²) in [4.78, 5) is 14.6. The fourth-order valence-electron chi connectivity index (χ4n) is 3.84. The predicted octanol–water partition coefficient (Wildman–Crippen LogP) is 1.67. The van der Waals surface area contributed by atoms with E-state index in [0.29, 0.717) is 30.2 Å². The van der Waals surface area contributed by atoms with Crippen LogP contribution in [0.2, 0.25) is 0 Å². The number of carbonyl (C=O) groups is 1. The second-order valence-electron chi connectivity index (χ2n) is 6.26. The maximum absolute atomic E-state index is 12.6. The van der Waals surface area contributed by atoms with Crippen LogP contribution < -0.4 is 4.74 Å². The molecule has 5 nitrogen and oxygen atoms in total. The van der Waals surface area contributed by atoms with Gasteiger partial charge >= 0.3 is 0 Å². The van der Waals surface area contributed by atoms with Crippen LogP contribution in [-0.4, -0.2) is 40.2 Å². The average molecular weight is 285 g/mol. The Balaban J connectivity index is 1.36. The zero-order valence-electron chi connectivity index (χ0n) is 11.9. The minimum Gasteiger partial charge on any atom is -0.471 e. The SMILES string of the molecule is O=C(C1CC2C=CC1C2)N1CCC(Oc2cccnn2)C1. The van der Waals surface area contributed by atoms with Crippen molar-refractivity contribution in [1.82, 2.24) is 15.1 Å². The molecule has 1 saturated carbocycles. The first kappa shape index (κ1) is 12.8. The standard InChI is InChI=1S/C16H19N3O2/c20-16(14-9-11-3-4-12(14)8-11)19-7-5-13(10-19)21-15-2-1-6-17-18-15/h1-4,6,11-14H,5,7-10H2. The fraction of sp³-hybridized carbons (Fsp3) is 0.562. The molecule has 2 heterocycles. The lowest BCUT2D eigenvalue weighted by atomic mass is 9.92. The zero-order chi connectivity index (χ0) is 14.2. The van der Waals surface area contributed by atoms with Crippen molar-refractivity contribution >= 4 is 5.91 Å². The first-order valence-electron chi connectivity index (χ1n) is 7.71. The second kappa shape index (κ2) is 5.13. The van der Waals surface area contributed by atoms with E-state index in [1.54, 1.807) is 12.3 Å². The van der Waals surface area contributed by atoms with E-state index in [9.17, 15) is 4.79 Å². The molecular weight excluding hydrogens is 266 g/mol. The highest BCUT2D eigenvalue weighted by Crippen LogP contribution is 2.44. The summed E-state index contributed by atoms with van der Waals surface area (Å²) in [6, 6.07) is 3.61. The van der Waals surface area contributed by atoms with Crippen LogP contribution in [0.1, 0.15) is 19.3 Å². The van der Waals surface area contributed by atoms with E-state index >= 15 is 0 Å². The maximum Gasteiger partial charge on any atom is 0.233 e. The minimum absolute atomic E-state index is 0.0415. The molecule has 2 aliphatic carbocycles. The third-order valence-electron chi connectivity index (χ3n) is 4.89. The summed E-state index contributed by atoms with van der Waals surface area (Å²) in [5.74, 6) is 2.17. The molecule has 0 radical (unpaired) electrons. The molecule has 1 amide bonds. The smallest absolute Gasteiger partial charge is 0.233 e. The lowest BCUT2D eigenvalue weighted by Gasteiger charge is -2.24. The highest BCUT2D eigenvalue weighted by Gasteiger charge is 2.42. The summed E-state index contributed by atoms with van der Waals surface area (Å²) in [7, 11) is 0. The molecule has 0 spiro atoms. The van der Waals surface area contributed by atoms with Crippen molar-refractivity contribution in [3.05, 3.63) is 30.5 Å². The van der Waals surface area contributed by atoms with Gasteiger partial charge in [-0.05, 0) is 30.7 Å². The molecule has 4 rings (SSSR count). The topological polar surface area (TPSA) is 55.3 Å². The van der Waals surface area contributed by atoms with Crippen molar-refractivity contribution in [3.63, 3.8) is 0 Å². The van der Waals surface area contributed by atoms with Gasteiger partial charge in [-0.25, -0.2) is 0 Å². The van der Waals surface area contributed by atoms with Crippen molar-refractivity contribution in [3.8, 4) is 5.88 Å². The molecular formula is C16H19N3O2. The van der Waals surface area contributed by atoms with E-state index in [0.717, 1.165) is 19.4 Å². The van der Waals surface area contributed by atoms with Gasteiger partial charge in [-0.15, -0.1) is 5.10 Å². The number of likely N-dealkylation sites (tertiary alicyclic amines) is 1. The fourth-order valence-corrected chi connectivity index (χ4v) is 3.84. The normalized spacial score (nSPS) is 33.6. The van der Waals surface area contributed by atoms with Crippen LogP contribution in [0.25, 0.3) is 0 Å². The molecule has 3 aliphatic rings. The Morgan fingerprint density at radius 2 is 2.29 bits per heavy atom. The molecule has 4 atom stereocenters. The number of nitrogens with zero attached hydrogens (tertiary/aromatic N) is 3. The molecule has 1 aromatic rings. The lowest BCUT2D eigenvalue weighted by molar-refractivity contribution is -0.135. The number of hydrogen-bond donors (Lipinski definition) is 0. The molecule has 21 heavy (non-hydrogen) atoms. The Labute approximate surface area is 124 Å². The monoisotopic (exact) mass is 285 g/mol. The Morgan fingerprint density at radius 1 is 1.33 bits per heavy atom. The molecule has 1 aromatic heterocycles. The summed E-state index contributed by atoms with van der Waals surface area (Å²) in [6.07, 6.45) is 9.26. The molecule has 1 saturated heterocycles. The van der Waals surface area contributed by atoms with Gasteiger partial charge in [-0.1, -0.05) is 12.2 Å². The van der Waals surface area contributed by atoms with E-state index in [4.69, 9.17) is 4.74 Å². The lowest BCUT2D eigenvalue weighted by Crippen LogP contribution is -2.37. The summed E-state index contributed by atoms with van der Waals surface area (Å²) < 4.78 is 5.80. The van der Waals surface area contributed by atoms with E-state index in [-0.39, 0.29) is 12.0 Å². The highest BCUT2D eigenvalue weighted by molar-refractivity contribution is 5.80. The quantitative estimate of drug-likeness (QED) is 0.793. The van der Waals surface area contributed by atoms with Crippen LogP contribution in [0, 0.1) is 17.8 Å². The van der Waals surface area contributed by atoms with Crippen LogP contribution in [0.15, 0.2) is 30.5 Å². The Kier molecular flexibility index (Phi) is 3.13. The third-order valence-corrected chi connectivity index (χ3v) is 4.89. The van der Waals surface area contributed by atoms with Gasteiger partial charge in [-0.3, -0.25) is 4.79 Å². The number of aromatic nitrogens is 2. The molecule has 0 N–H and O–H groups in total. The Morgan fingerprint density at radius 3 is 3.00 bits per heavy atom. The number of fused-ring (bicyclic) bond motifs is 2. The number of carbonyl (C=O) groups excluding carboxylic acids is 1. The Bertz CT molecular complexity index is 560. The van der Waals surface area contributed by atoms with Gasteiger partial charge in [-0.2, -0.15) is 5.10 Å². The zero-order valence-corrected chi connectivity index (χ0v) is 11.9. The average Bonchev–Trinajstić information content (AvgIpc) is 3.24. The first-order chi connectivity index (χ1) is 10.3. The van der Waals surface area contributed by atoms with E-state index < -0.39 is 0 Å². The van der Waals surface area contributed by atoms with Crippen molar-refractivity contribution in [2.24, 2.45) is 17.8 Å². The molecule has 2 fully saturated rings. The number of allylic oxidation sites excluding steroid dienone is 2. The van der Waals surface area contributed by atoms with Crippen LogP contribution in [0.5, 0.6) is 5.88 Å². The largest absolute Gasteiger partial charge is 0.471 e. The third kappa shape index (κ3) is 2.41. The Hall–Kier alpha value is -1.91.